The van der Waals surface area contributed by atoms with Gasteiger partial charge >= 0.3 is 0 Å². The molecule has 0 fully saturated rings. The second kappa shape index (κ2) is 3.88. The van der Waals surface area contributed by atoms with E-state index in [1.807, 2.05) is 30.3 Å². The van der Waals surface area contributed by atoms with Crippen LogP contribution in [-0.2, 0) is 0 Å². The fraction of sp³-hybridized carbons (Fsp3) is 0.200. The molecule has 11 heavy (non-hydrogen) atoms. The van der Waals surface area contributed by atoms with E-state index in [1.165, 1.54) is 0 Å². The van der Waals surface area contributed by atoms with E-state index in [1.54, 1.807) is 0 Å². The lowest BCUT2D eigenvalue weighted by Gasteiger charge is -1.86. The van der Waals surface area contributed by atoms with Crippen molar-refractivity contribution in [1.82, 2.24) is 0 Å². The zero-order valence-electron chi connectivity index (χ0n) is 6.96. The Morgan fingerprint density at radius 1 is 1.09 bits per heavy atom. The van der Waals surface area contributed by atoms with Crippen molar-refractivity contribution < 1.29 is 0 Å². The second-order valence-electron chi connectivity index (χ2n) is 2.79. The number of rotatable bonds is 0. The van der Waals surface area contributed by atoms with E-state index in [-0.39, 0.29) is 0 Å². The van der Waals surface area contributed by atoms with Crippen molar-refractivity contribution in [3.63, 3.8) is 0 Å². The van der Waals surface area contributed by atoms with Gasteiger partial charge in [0.25, 0.3) is 0 Å². The molecule has 0 atom stereocenters. The summed E-state index contributed by atoms with van der Waals surface area (Å²) in [4.78, 5) is 0. The van der Waals surface area contributed by atoms with Gasteiger partial charge in [-0.3, -0.25) is 0 Å². The third kappa shape index (κ3) is 2.95. The molecule has 0 unspecified atom stereocenters. The number of hydrogen-bond acceptors (Lipinski definition) is 0. The highest BCUT2D eigenvalue weighted by atomic mass is 13.8. The maximum Gasteiger partial charge on any atom is 0.225 e. The van der Waals surface area contributed by atoms with Crippen LogP contribution in [0.4, 0.5) is 0 Å². The van der Waals surface area contributed by atoms with Gasteiger partial charge in [-0.05, 0) is 12.1 Å². The first kappa shape index (κ1) is 7.95. The van der Waals surface area contributed by atoms with Gasteiger partial charge in [0.2, 0.25) is 6.71 Å². The fourth-order valence-electron chi connectivity index (χ4n) is 0.749. The van der Waals surface area contributed by atoms with Crippen LogP contribution in [0.2, 0.25) is 13.6 Å². The van der Waals surface area contributed by atoms with Crippen LogP contribution < -0.4 is 0 Å². The van der Waals surface area contributed by atoms with Crippen molar-refractivity contribution in [2.24, 2.45) is 0 Å². The van der Waals surface area contributed by atoms with Crippen molar-refractivity contribution in [2.45, 2.75) is 13.6 Å². The van der Waals surface area contributed by atoms with Gasteiger partial charge in [0.1, 0.15) is 0 Å². The summed E-state index contributed by atoms with van der Waals surface area (Å²) in [5.74, 6) is 6.21. The highest BCUT2D eigenvalue weighted by Crippen LogP contribution is 1.94. The van der Waals surface area contributed by atoms with Gasteiger partial charge in [0, 0.05) is 5.56 Å². The first-order valence-electron chi connectivity index (χ1n) is 3.85. The van der Waals surface area contributed by atoms with Crippen molar-refractivity contribution in [3.8, 4) is 11.7 Å². The number of hydrogen-bond donors (Lipinski definition) is 0. The van der Waals surface area contributed by atoms with Crippen LogP contribution in [0.1, 0.15) is 5.56 Å². The molecule has 0 saturated carbocycles. The summed E-state index contributed by atoms with van der Waals surface area (Å²) in [6.45, 7) is 4.64. The second-order valence-corrected chi connectivity index (χ2v) is 2.79. The molecule has 1 aromatic carbocycles. The van der Waals surface area contributed by atoms with Gasteiger partial charge in [-0.2, -0.15) is 5.82 Å². The normalized spacial score (nSPS) is 8.18. The Hall–Kier alpha value is -1.16. The minimum Gasteiger partial charge on any atom is -0.151 e. The standard InChI is InChI=1S/C10H11B/c1-11(2)9-8-10-6-4-3-5-7-10/h3-7H,1-2H3. The largest absolute Gasteiger partial charge is 0.225 e. The van der Waals surface area contributed by atoms with Crippen LogP contribution in [0, 0.1) is 11.7 Å². The zero-order valence-corrected chi connectivity index (χ0v) is 6.96. The first-order chi connectivity index (χ1) is 5.29. The third-order valence-electron chi connectivity index (χ3n) is 1.28. The summed E-state index contributed by atoms with van der Waals surface area (Å²) < 4.78 is 0. The zero-order chi connectivity index (χ0) is 8.10. The highest BCUT2D eigenvalue weighted by Gasteiger charge is 1.88. The van der Waals surface area contributed by atoms with Crippen molar-refractivity contribution in [1.29, 1.82) is 0 Å². The predicted octanol–water partition coefficient (Wildman–Crippen LogP) is 2.33. The van der Waals surface area contributed by atoms with E-state index in [0.717, 1.165) is 5.56 Å². The average Bonchev–Trinajstić information content (AvgIpc) is 2.03. The topological polar surface area (TPSA) is 0 Å². The monoisotopic (exact) mass is 142 g/mol. The van der Waals surface area contributed by atoms with Crippen molar-refractivity contribution in [2.75, 3.05) is 0 Å². The summed E-state index contributed by atoms with van der Waals surface area (Å²) in [6, 6.07) is 10.1. The van der Waals surface area contributed by atoms with Gasteiger partial charge in [0.15, 0.2) is 0 Å². The summed E-state index contributed by atoms with van der Waals surface area (Å²) >= 11 is 0. The van der Waals surface area contributed by atoms with Gasteiger partial charge in [-0.15, -0.1) is 0 Å². The minimum absolute atomic E-state index is 0.454. The fourth-order valence-corrected chi connectivity index (χ4v) is 0.749. The lowest BCUT2D eigenvalue weighted by atomic mass is 9.56. The molecule has 0 aromatic heterocycles. The molecular weight excluding hydrogens is 131 g/mol. The Morgan fingerprint density at radius 2 is 1.73 bits per heavy atom. The molecule has 0 nitrogen and oxygen atoms in total. The summed E-state index contributed by atoms with van der Waals surface area (Å²) in [6.07, 6.45) is 0. The lowest BCUT2D eigenvalue weighted by Crippen LogP contribution is -1.93. The van der Waals surface area contributed by atoms with E-state index >= 15 is 0 Å². The summed E-state index contributed by atoms with van der Waals surface area (Å²) in [5, 5.41) is 0. The Morgan fingerprint density at radius 3 is 2.27 bits per heavy atom. The van der Waals surface area contributed by atoms with Crippen LogP contribution in [0.25, 0.3) is 0 Å². The Bertz CT molecular complexity index is 264. The Labute approximate surface area is 68.7 Å². The van der Waals surface area contributed by atoms with Crippen molar-refractivity contribution >= 4 is 6.71 Å². The van der Waals surface area contributed by atoms with E-state index in [9.17, 15) is 0 Å². The molecule has 0 heterocycles. The van der Waals surface area contributed by atoms with Crippen LogP contribution in [0.5, 0.6) is 0 Å². The van der Waals surface area contributed by atoms with Crippen LogP contribution in [-0.4, -0.2) is 6.71 Å². The molecule has 1 heteroatoms. The summed E-state index contributed by atoms with van der Waals surface area (Å²) in [7, 11) is 0. The molecule has 0 aliphatic carbocycles. The maximum atomic E-state index is 3.11. The highest BCUT2D eigenvalue weighted by molar-refractivity contribution is 6.64. The van der Waals surface area contributed by atoms with Crippen LogP contribution >= 0.6 is 0 Å². The molecule has 0 N–H and O–H groups in total. The van der Waals surface area contributed by atoms with Crippen LogP contribution in [0.3, 0.4) is 0 Å². The van der Waals surface area contributed by atoms with Gasteiger partial charge < -0.3 is 0 Å². The molecule has 0 aliphatic rings. The lowest BCUT2D eigenvalue weighted by molar-refractivity contribution is 1.65. The van der Waals surface area contributed by atoms with Crippen molar-refractivity contribution in [3.05, 3.63) is 35.9 Å². The molecule has 0 saturated heterocycles. The Balaban J connectivity index is 2.75. The molecule has 1 rings (SSSR count). The Kier molecular flexibility index (Phi) is 2.80. The molecule has 0 bridgehead atoms. The minimum atomic E-state index is 0.454. The van der Waals surface area contributed by atoms with Gasteiger partial charge in [-0.1, -0.05) is 37.8 Å². The molecular formula is C10H11B. The quantitative estimate of drug-likeness (QED) is 0.385. The average molecular weight is 142 g/mol. The third-order valence-corrected chi connectivity index (χ3v) is 1.28. The smallest absolute Gasteiger partial charge is 0.151 e. The van der Waals surface area contributed by atoms with Gasteiger partial charge in [-0.25, -0.2) is 0 Å². The first-order valence-corrected chi connectivity index (χ1v) is 3.85. The maximum absolute atomic E-state index is 3.11. The van der Waals surface area contributed by atoms with E-state index in [2.05, 4.69) is 25.4 Å². The molecule has 0 spiro atoms. The molecule has 1 aromatic rings. The van der Waals surface area contributed by atoms with E-state index in [0.29, 0.717) is 6.71 Å². The van der Waals surface area contributed by atoms with E-state index < -0.39 is 0 Å². The molecule has 0 amide bonds. The predicted molar refractivity (Wildman–Crippen MR) is 50.8 cm³/mol. The summed E-state index contributed by atoms with van der Waals surface area (Å²) in [5.41, 5.74) is 1.10. The van der Waals surface area contributed by atoms with E-state index in [4.69, 9.17) is 0 Å². The SMILES string of the molecule is CB(C)C#Cc1ccccc1. The molecule has 0 aliphatic heterocycles. The van der Waals surface area contributed by atoms with Gasteiger partial charge in [0.05, 0.1) is 0 Å². The molecule has 0 radical (unpaired) electrons. The van der Waals surface area contributed by atoms with Crippen LogP contribution in [0.15, 0.2) is 30.3 Å². The molecule has 54 valence electrons. The number of benzene rings is 1.